The molecule has 1 unspecified atom stereocenters. The zero-order valence-corrected chi connectivity index (χ0v) is 14.9. The van der Waals surface area contributed by atoms with Crippen LogP contribution in [0.15, 0.2) is 18.2 Å². The fourth-order valence-corrected chi connectivity index (χ4v) is 2.36. The summed E-state index contributed by atoms with van der Waals surface area (Å²) in [4.78, 5) is 35.7. The second-order valence-corrected chi connectivity index (χ2v) is 5.90. The van der Waals surface area contributed by atoms with Crippen LogP contribution in [-0.4, -0.2) is 53.1 Å². The second kappa shape index (κ2) is 9.95. The molecule has 0 radical (unpaired) electrons. The van der Waals surface area contributed by atoms with E-state index in [0.29, 0.717) is 19.6 Å². The molecular weight excluding hydrogens is 352 g/mol. The van der Waals surface area contributed by atoms with E-state index < -0.39 is 28.4 Å². The van der Waals surface area contributed by atoms with Gasteiger partial charge in [0.25, 0.3) is 11.6 Å². The second-order valence-electron chi connectivity index (χ2n) is 5.46. The molecule has 1 aromatic rings. The lowest BCUT2D eigenvalue weighted by atomic mass is 10.1. The van der Waals surface area contributed by atoms with Crippen molar-refractivity contribution >= 4 is 29.2 Å². The molecular formula is C16H21ClN2O6. The summed E-state index contributed by atoms with van der Waals surface area (Å²) < 4.78 is 5.22. The van der Waals surface area contributed by atoms with Crippen LogP contribution in [0.1, 0.15) is 30.6 Å². The van der Waals surface area contributed by atoms with Crippen molar-refractivity contribution in [1.82, 2.24) is 4.90 Å². The summed E-state index contributed by atoms with van der Waals surface area (Å²) in [5.74, 6) is -2.46. The van der Waals surface area contributed by atoms with Crippen molar-refractivity contribution < 1.29 is 24.4 Å². The molecule has 0 bridgehead atoms. The molecule has 1 aromatic carbocycles. The Bertz CT molecular complexity index is 637. The minimum Gasteiger partial charge on any atom is -0.481 e. The lowest BCUT2D eigenvalue weighted by Gasteiger charge is -2.24. The van der Waals surface area contributed by atoms with E-state index in [4.69, 9.17) is 21.4 Å². The van der Waals surface area contributed by atoms with Crippen LogP contribution < -0.4 is 0 Å². The van der Waals surface area contributed by atoms with Crippen molar-refractivity contribution in [2.24, 2.45) is 5.92 Å². The SMILES string of the molecule is CCOCCCN(CC(C)C(=O)O)C(=O)c1ccc(Cl)cc1[N+](=O)[O-]. The number of nitro benzene ring substituents is 1. The molecule has 0 aliphatic rings. The number of ether oxygens (including phenoxy) is 1. The first-order valence-electron chi connectivity index (χ1n) is 7.81. The van der Waals surface area contributed by atoms with E-state index in [1.165, 1.54) is 24.0 Å². The first-order chi connectivity index (χ1) is 11.8. The molecule has 0 saturated carbocycles. The summed E-state index contributed by atoms with van der Waals surface area (Å²) in [6, 6.07) is 3.78. The molecule has 138 valence electrons. The quantitative estimate of drug-likeness (QED) is 0.384. The number of hydrogen-bond acceptors (Lipinski definition) is 5. The van der Waals surface area contributed by atoms with Crippen LogP contribution in [0.3, 0.4) is 0 Å². The van der Waals surface area contributed by atoms with Crippen LogP contribution in [-0.2, 0) is 9.53 Å². The Hall–Kier alpha value is -2.19. The van der Waals surface area contributed by atoms with Crippen molar-refractivity contribution in [3.05, 3.63) is 38.9 Å². The van der Waals surface area contributed by atoms with Gasteiger partial charge in [-0.3, -0.25) is 19.7 Å². The Balaban J connectivity index is 3.05. The fourth-order valence-electron chi connectivity index (χ4n) is 2.19. The van der Waals surface area contributed by atoms with Gasteiger partial charge in [0.15, 0.2) is 0 Å². The highest BCUT2D eigenvalue weighted by atomic mass is 35.5. The lowest BCUT2D eigenvalue weighted by Crippen LogP contribution is -2.38. The summed E-state index contributed by atoms with van der Waals surface area (Å²) >= 11 is 5.77. The molecule has 0 aliphatic heterocycles. The molecule has 0 aromatic heterocycles. The van der Waals surface area contributed by atoms with Gasteiger partial charge in [0, 0.05) is 37.4 Å². The highest BCUT2D eigenvalue weighted by molar-refractivity contribution is 6.31. The molecule has 0 spiro atoms. The van der Waals surface area contributed by atoms with E-state index in [9.17, 15) is 19.7 Å². The van der Waals surface area contributed by atoms with E-state index in [1.807, 2.05) is 6.92 Å². The maximum Gasteiger partial charge on any atom is 0.308 e. The summed E-state index contributed by atoms with van der Waals surface area (Å²) in [6.07, 6.45) is 0.493. The molecule has 0 saturated heterocycles. The third-order valence-electron chi connectivity index (χ3n) is 3.51. The Labute approximate surface area is 150 Å². The highest BCUT2D eigenvalue weighted by Crippen LogP contribution is 2.25. The van der Waals surface area contributed by atoms with Crippen LogP contribution in [0.25, 0.3) is 0 Å². The molecule has 25 heavy (non-hydrogen) atoms. The standard InChI is InChI=1S/C16H21ClN2O6/c1-3-25-8-4-7-18(10-11(2)16(21)22)15(20)13-6-5-12(17)9-14(13)19(23)24/h5-6,9,11H,3-4,7-8,10H2,1-2H3,(H,21,22). The number of amides is 1. The van der Waals surface area contributed by atoms with Crippen molar-refractivity contribution in [3.8, 4) is 0 Å². The van der Waals surface area contributed by atoms with Crippen molar-refractivity contribution in [2.45, 2.75) is 20.3 Å². The maximum absolute atomic E-state index is 12.7. The number of carboxylic acid groups (broad SMARTS) is 1. The zero-order valence-electron chi connectivity index (χ0n) is 14.1. The molecule has 9 heteroatoms. The molecule has 8 nitrogen and oxygen atoms in total. The number of nitrogens with zero attached hydrogens (tertiary/aromatic N) is 2. The lowest BCUT2D eigenvalue weighted by molar-refractivity contribution is -0.385. The Morgan fingerprint density at radius 2 is 2.12 bits per heavy atom. The highest BCUT2D eigenvalue weighted by Gasteiger charge is 2.27. The largest absolute Gasteiger partial charge is 0.481 e. The predicted octanol–water partition coefficient (Wildman–Crippen LogP) is 2.84. The molecule has 0 heterocycles. The fraction of sp³-hybridized carbons (Fsp3) is 0.500. The van der Waals surface area contributed by atoms with Gasteiger partial charge in [0.05, 0.1) is 10.8 Å². The maximum atomic E-state index is 12.7. The van der Waals surface area contributed by atoms with Crippen LogP contribution in [0.2, 0.25) is 5.02 Å². The number of benzene rings is 1. The Kier molecular flexibility index (Phi) is 8.30. The average Bonchev–Trinajstić information content (AvgIpc) is 2.56. The number of aliphatic carboxylic acids is 1. The summed E-state index contributed by atoms with van der Waals surface area (Å²) in [5, 5.41) is 20.4. The summed E-state index contributed by atoms with van der Waals surface area (Å²) in [6.45, 7) is 4.43. The number of carbonyl (C=O) groups excluding carboxylic acids is 1. The van der Waals surface area contributed by atoms with Gasteiger partial charge in [0.2, 0.25) is 0 Å². The molecule has 1 atom stereocenters. The van der Waals surface area contributed by atoms with Crippen LogP contribution in [0, 0.1) is 16.0 Å². The van der Waals surface area contributed by atoms with E-state index in [2.05, 4.69) is 0 Å². The van der Waals surface area contributed by atoms with Gasteiger partial charge in [-0.15, -0.1) is 0 Å². The van der Waals surface area contributed by atoms with Gasteiger partial charge in [0.1, 0.15) is 5.56 Å². The van der Waals surface area contributed by atoms with Gasteiger partial charge < -0.3 is 14.7 Å². The smallest absolute Gasteiger partial charge is 0.308 e. The molecule has 1 rings (SSSR count). The first kappa shape index (κ1) is 20.9. The van der Waals surface area contributed by atoms with Gasteiger partial charge in [-0.2, -0.15) is 0 Å². The van der Waals surface area contributed by atoms with Gasteiger partial charge >= 0.3 is 5.97 Å². The van der Waals surface area contributed by atoms with Crippen molar-refractivity contribution in [2.75, 3.05) is 26.3 Å². The Morgan fingerprint density at radius 3 is 2.68 bits per heavy atom. The number of carboxylic acids is 1. The predicted molar refractivity (Wildman–Crippen MR) is 91.9 cm³/mol. The van der Waals surface area contributed by atoms with Crippen LogP contribution >= 0.6 is 11.6 Å². The number of rotatable bonds is 10. The number of carbonyl (C=O) groups is 2. The molecule has 1 N–H and O–H groups in total. The molecule has 0 fully saturated rings. The normalized spacial score (nSPS) is 11.8. The Morgan fingerprint density at radius 1 is 1.44 bits per heavy atom. The molecule has 0 aliphatic carbocycles. The van der Waals surface area contributed by atoms with Gasteiger partial charge in [-0.05, 0) is 25.5 Å². The van der Waals surface area contributed by atoms with E-state index in [-0.39, 0.29) is 23.7 Å². The van der Waals surface area contributed by atoms with E-state index >= 15 is 0 Å². The topological polar surface area (TPSA) is 110 Å². The van der Waals surface area contributed by atoms with E-state index in [0.717, 1.165) is 6.07 Å². The summed E-state index contributed by atoms with van der Waals surface area (Å²) in [5.41, 5.74) is -0.529. The van der Waals surface area contributed by atoms with Gasteiger partial charge in [-0.1, -0.05) is 18.5 Å². The number of nitro groups is 1. The van der Waals surface area contributed by atoms with Crippen LogP contribution in [0.4, 0.5) is 5.69 Å². The average molecular weight is 373 g/mol. The first-order valence-corrected chi connectivity index (χ1v) is 8.19. The zero-order chi connectivity index (χ0) is 19.0. The minimum atomic E-state index is -1.05. The third-order valence-corrected chi connectivity index (χ3v) is 3.75. The number of halogens is 1. The van der Waals surface area contributed by atoms with Gasteiger partial charge in [-0.25, -0.2) is 0 Å². The third kappa shape index (κ3) is 6.32. The van der Waals surface area contributed by atoms with E-state index in [1.54, 1.807) is 0 Å². The molecule has 1 amide bonds. The number of hydrogen-bond donors (Lipinski definition) is 1. The van der Waals surface area contributed by atoms with Crippen molar-refractivity contribution in [3.63, 3.8) is 0 Å². The van der Waals surface area contributed by atoms with Crippen molar-refractivity contribution in [1.29, 1.82) is 0 Å². The minimum absolute atomic E-state index is 0.0555. The monoisotopic (exact) mass is 372 g/mol. The summed E-state index contributed by atoms with van der Waals surface area (Å²) in [7, 11) is 0. The van der Waals surface area contributed by atoms with Crippen LogP contribution in [0.5, 0.6) is 0 Å².